The van der Waals surface area contributed by atoms with Gasteiger partial charge in [0.05, 0.1) is 31.5 Å². The van der Waals surface area contributed by atoms with Crippen LogP contribution >= 0.6 is 0 Å². The molecule has 0 spiro atoms. The van der Waals surface area contributed by atoms with Gasteiger partial charge in [-0.05, 0) is 35.7 Å². The average molecular weight is 369 g/mol. The summed E-state index contributed by atoms with van der Waals surface area (Å²) >= 11 is 0. The monoisotopic (exact) mass is 369 g/mol. The molecule has 2 aromatic rings. The fraction of sp³-hybridized carbons (Fsp3) is 0.333. The molecule has 0 saturated carbocycles. The highest BCUT2D eigenvalue weighted by atomic mass is 16.5. The molecule has 0 bridgehead atoms. The quantitative estimate of drug-likeness (QED) is 0.803. The van der Waals surface area contributed by atoms with E-state index in [9.17, 15) is 14.7 Å². The zero-order valence-electron chi connectivity index (χ0n) is 15.6. The standard InChI is InChI=1S/C21H23NO5/c1-13(2)10-17(23)18-19(14-6-4-7-15(11-14)26-3)22(21(25)20(18)24)12-16-8-5-9-27-16/h4-9,11,13,19,24H,10,12H2,1-3H3. The molecule has 2 heterocycles. The first-order chi connectivity index (χ1) is 12.9. The summed E-state index contributed by atoms with van der Waals surface area (Å²) in [4.78, 5) is 27.1. The van der Waals surface area contributed by atoms with E-state index < -0.39 is 17.7 Å². The van der Waals surface area contributed by atoms with Gasteiger partial charge in [0.15, 0.2) is 11.5 Å². The van der Waals surface area contributed by atoms with Crippen LogP contribution in [0.4, 0.5) is 0 Å². The summed E-state index contributed by atoms with van der Waals surface area (Å²) in [6.45, 7) is 4.00. The Bertz CT molecular complexity index is 866. The summed E-state index contributed by atoms with van der Waals surface area (Å²) in [5.74, 6) is -0.00324. The summed E-state index contributed by atoms with van der Waals surface area (Å²) in [5.41, 5.74) is 0.832. The Morgan fingerprint density at radius 2 is 2.07 bits per heavy atom. The number of amides is 1. The van der Waals surface area contributed by atoms with Gasteiger partial charge in [-0.1, -0.05) is 26.0 Å². The van der Waals surface area contributed by atoms with Crippen molar-refractivity contribution in [1.82, 2.24) is 4.90 Å². The van der Waals surface area contributed by atoms with Crippen LogP contribution in [-0.2, 0) is 16.1 Å². The highest BCUT2D eigenvalue weighted by Crippen LogP contribution is 2.40. The lowest BCUT2D eigenvalue weighted by Crippen LogP contribution is -2.30. The highest BCUT2D eigenvalue weighted by molar-refractivity contribution is 6.09. The van der Waals surface area contributed by atoms with Crippen molar-refractivity contribution in [2.45, 2.75) is 32.9 Å². The molecule has 0 fully saturated rings. The fourth-order valence-electron chi connectivity index (χ4n) is 3.31. The number of ketones is 1. The first-order valence-electron chi connectivity index (χ1n) is 8.86. The van der Waals surface area contributed by atoms with E-state index in [-0.39, 0.29) is 30.2 Å². The summed E-state index contributed by atoms with van der Waals surface area (Å²) in [5, 5.41) is 10.5. The van der Waals surface area contributed by atoms with Gasteiger partial charge in [-0.3, -0.25) is 9.59 Å². The number of benzene rings is 1. The second-order valence-corrected chi connectivity index (χ2v) is 6.97. The predicted molar refractivity (Wildman–Crippen MR) is 99.1 cm³/mol. The molecule has 1 aromatic carbocycles. The van der Waals surface area contributed by atoms with Gasteiger partial charge in [0.2, 0.25) is 0 Å². The van der Waals surface area contributed by atoms with Crippen LogP contribution in [0.15, 0.2) is 58.4 Å². The van der Waals surface area contributed by atoms with Gasteiger partial charge in [0, 0.05) is 6.42 Å². The number of nitrogens with zero attached hydrogens (tertiary/aromatic N) is 1. The molecule has 142 valence electrons. The molecule has 1 aliphatic rings. The van der Waals surface area contributed by atoms with E-state index in [2.05, 4.69) is 0 Å². The molecule has 27 heavy (non-hydrogen) atoms. The number of aliphatic hydroxyl groups excluding tert-OH is 1. The van der Waals surface area contributed by atoms with Gasteiger partial charge in [0.25, 0.3) is 5.91 Å². The minimum absolute atomic E-state index is 0.109. The van der Waals surface area contributed by atoms with Gasteiger partial charge >= 0.3 is 0 Å². The van der Waals surface area contributed by atoms with E-state index in [1.807, 2.05) is 19.9 Å². The van der Waals surface area contributed by atoms with Crippen molar-refractivity contribution in [3.63, 3.8) is 0 Å². The Hall–Kier alpha value is -3.02. The van der Waals surface area contributed by atoms with Crippen LogP contribution in [0.25, 0.3) is 0 Å². The molecule has 1 unspecified atom stereocenters. The highest BCUT2D eigenvalue weighted by Gasteiger charge is 2.43. The normalized spacial score (nSPS) is 17.1. The zero-order chi connectivity index (χ0) is 19.6. The maximum absolute atomic E-state index is 12.8. The number of Topliss-reactive ketones (excluding diaryl/α,β-unsaturated/α-hetero) is 1. The zero-order valence-corrected chi connectivity index (χ0v) is 15.6. The Morgan fingerprint density at radius 3 is 2.70 bits per heavy atom. The molecule has 1 aliphatic heterocycles. The van der Waals surface area contributed by atoms with E-state index in [1.165, 1.54) is 11.2 Å². The smallest absolute Gasteiger partial charge is 0.290 e. The Kier molecular flexibility index (Phi) is 5.35. The van der Waals surface area contributed by atoms with E-state index in [4.69, 9.17) is 9.15 Å². The number of hydrogen-bond acceptors (Lipinski definition) is 5. The van der Waals surface area contributed by atoms with Crippen molar-refractivity contribution in [2.24, 2.45) is 5.92 Å². The third kappa shape index (κ3) is 3.74. The Balaban J connectivity index is 2.06. The number of furan rings is 1. The predicted octanol–water partition coefficient (Wildman–Crippen LogP) is 3.80. The van der Waals surface area contributed by atoms with E-state index in [0.29, 0.717) is 17.1 Å². The summed E-state index contributed by atoms with van der Waals surface area (Å²) in [7, 11) is 1.55. The van der Waals surface area contributed by atoms with Crippen molar-refractivity contribution >= 4 is 11.7 Å². The molecule has 0 radical (unpaired) electrons. The second-order valence-electron chi connectivity index (χ2n) is 6.97. The molecule has 1 aromatic heterocycles. The number of carbonyl (C=O) groups is 2. The lowest BCUT2D eigenvalue weighted by molar-refractivity contribution is -0.130. The minimum atomic E-state index is -0.691. The van der Waals surface area contributed by atoms with Crippen molar-refractivity contribution in [1.29, 1.82) is 0 Å². The average Bonchev–Trinajstić information content (AvgIpc) is 3.23. The van der Waals surface area contributed by atoms with Gasteiger partial charge in [0.1, 0.15) is 11.5 Å². The maximum Gasteiger partial charge on any atom is 0.290 e. The van der Waals surface area contributed by atoms with E-state index >= 15 is 0 Å². The third-order valence-electron chi connectivity index (χ3n) is 4.51. The number of aliphatic hydroxyl groups is 1. The van der Waals surface area contributed by atoms with Crippen LogP contribution in [0.3, 0.4) is 0 Å². The van der Waals surface area contributed by atoms with Crippen LogP contribution in [0, 0.1) is 5.92 Å². The summed E-state index contributed by atoms with van der Waals surface area (Å²) in [6.07, 6.45) is 1.77. The number of rotatable bonds is 7. The number of ether oxygens (including phenoxy) is 1. The van der Waals surface area contributed by atoms with Gasteiger partial charge in [-0.25, -0.2) is 0 Å². The van der Waals surface area contributed by atoms with Crippen LogP contribution in [-0.4, -0.2) is 28.8 Å². The van der Waals surface area contributed by atoms with Crippen LogP contribution in [0.2, 0.25) is 0 Å². The van der Waals surface area contributed by atoms with Crippen molar-refractivity contribution in [2.75, 3.05) is 7.11 Å². The molecular weight excluding hydrogens is 346 g/mol. The van der Waals surface area contributed by atoms with Crippen molar-refractivity contribution < 1.29 is 23.8 Å². The summed E-state index contributed by atoms with van der Waals surface area (Å²) < 4.78 is 10.6. The SMILES string of the molecule is COc1cccc(C2C(C(=O)CC(C)C)=C(O)C(=O)N2Cc2ccco2)c1. The molecule has 0 aliphatic carbocycles. The lowest BCUT2D eigenvalue weighted by atomic mass is 9.92. The summed E-state index contributed by atoms with van der Waals surface area (Å²) in [6, 6.07) is 9.96. The maximum atomic E-state index is 12.8. The van der Waals surface area contributed by atoms with E-state index in [1.54, 1.807) is 37.4 Å². The number of carbonyl (C=O) groups excluding carboxylic acids is 2. The fourth-order valence-corrected chi connectivity index (χ4v) is 3.31. The number of methoxy groups -OCH3 is 1. The number of hydrogen-bond donors (Lipinski definition) is 1. The molecule has 6 nitrogen and oxygen atoms in total. The van der Waals surface area contributed by atoms with Crippen LogP contribution in [0.1, 0.15) is 37.6 Å². The van der Waals surface area contributed by atoms with Crippen molar-refractivity contribution in [3.05, 3.63) is 65.3 Å². The third-order valence-corrected chi connectivity index (χ3v) is 4.51. The van der Waals surface area contributed by atoms with E-state index in [0.717, 1.165) is 0 Å². The first kappa shape index (κ1) is 18.8. The van der Waals surface area contributed by atoms with Gasteiger partial charge in [-0.15, -0.1) is 0 Å². The van der Waals surface area contributed by atoms with Crippen LogP contribution < -0.4 is 4.74 Å². The second kappa shape index (κ2) is 7.70. The molecular formula is C21H23NO5. The van der Waals surface area contributed by atoms with Crippen molar-refractivity contribution in [3.8, 4) is 5.75 Å². The molecule has 0 saturated heterocycles. The Labute approximate surface area is 158 Å². The van der Waals surface area contributed by atoms with Gasteiger partial charge < -0.3 is 19.2 Å². The first-order valence-corrected chi connectivity index (χ1v) is 8.86. The Morgan fingerprint density at radius 1 is 1.30 bits per heavy atom. The lowest BCUT2D eigenvalue weighted by Gasteiger charge is -2.26. The topological polar surface area (TPSA) is 80.0 Å². The minimum Gasteiger partial charge on any atom is -0.503 e. The van der Waals surface area contributed by atoms with Gasteiger partial charge in [-0.2, -0.15) is 0 Å². The molecule has 1 N–H and O–H groups in total. The van der Waals surface area contributed by atoms with Crippen LogP contribution in [0.5, 0.6) is 5.75 Å². The molecule has 1 atom stereocenters. The largest absolute Gasteiger partial charge is 0.503 e. The molecule has 1 amide bonds. The molecule has 6 heteroatoms. The molecule has 3 rings (SSSR count).